The third kappa shape index (κ3) is 6.36. The molecule has 3 rings (SSSR count). The van der Waals surface area contributed by atoms with Gasteiger partial charge in [0.25, 0.3) is 5.91 Å². The highest BCUT2D eigenvalue weighted by Gasteiger charge is 2.09. The van der Waals surface area contributed by atoms with Crippen LogP contribution in [0.3, 0.4) is 0 Å². The Balaban J connectivity index is 1.51. The molecule has 150 valence electrons. The minimum atomic E-state index is -0.215. The Morgan fingerprint density at radius 1 is 0.931 bits per heavy atom. The Hall–Kier alpha value is -2.79. The van der Waals surface area contributed by atoms with Crippen molar-refractivity contribution in [3.63, 3.8) is 0 Å². The summed E-state index contributed by atoms with van der Waals surface area (Å²) in [6, 6.07) is 21.5. The molecular weight excluding hydrogens is 430 g/mol. The molecule has 0 aliphatic rings. The standard InChI is InChI=1S/C24H24BrNO3/c1-17-13-20(25)14-18(2)24(17)29-16-23(27)26-21-9-6-10-22(15-21)28-12-11-19-7-4-3-5-8-19/h3-10,13-15H,11-12,16H2,1-2H3,(H,26,27). The maximum atomic E-state index is 12.3. The molecule has 0 aromatic heterocycles. The molecule has 0 unspecified atom stereocenters. The molecule has 0 saturated carbocycles. The lowest BCUT2D eigenvalue weighted by Crippen LogP contribution is -2.20. The molecule has 0 heterocycles. The van der Waals surface area contributed by atoms with Gasteiger partial charge in [-0.3, -0.25) is 4.79 Å². The highest BCUT2D eigenvalue weighted by Crippen LogP contribution is 2.27. The van der Waals surface area contributed by atoms with Gasteiger partial charge < -0.3 is 14.8 Å². The zero-order valence-electron chi connectivity index (χ0n) is 16.6. The summed E-state index contributed by atoms with van der Waals surface area (Å²) < 4.78 is 12.5. The van der Waals surface area contributed by atoms with Gasteiger partial charge in [0.1, 0.15) is 11.5 Å². The summed E-state index contributed by atoms with van der Waals surface area (Å²) >= 11 is 3.46. The van der Waals surface area contributed by atoms with E-state index < -0.39 is 0 Å². The fraction of sp³-hybridized carbons (Fsp3) is 0.208. The van der Waals surface area contributed by atoms with Gasteiger partial charge >= 0.3 is 0 Å². The average molecular weight is 454 g/mol. The van der Waals surface area contributed by atoms with Crippen LogP contribution in [0, 0.1) is 13.8 Å². The van der Waals surface area contributed by atoms with Gasteiger partial charge in [-0.05, 0) is 54.8 Å². The number of benzene rings is 3. The second kappa shape index (κ2) is 10.1. The van der Waals surface area contributed by atoms with E-state index in [2.05, 4.69) is 33.4 Å². The molecule has 0 spiro atoms. The number of nitrogens with one attached hydrogen (secondary N) is 1. The normalized spacial score (nSPS) is 10.4. The average Bonchev–Trinajstić information content (AvgIpc) is 2.68. The first-order chi connectivity index (χ1) is 14.0. The molecule has 0 aliphatic carbocycles. The first-order valence-corrected chi connectivity index (χ1v) is 10.3. The van der Waals surface area contributed by atoms with Gasteiger partial charge in [0, 0.05) is 22.6 Å². The maximum absolute atomic E-state index is 12.3. The van der Waals surface area contributed by atoms with E-state index in [0.717, 1.165) is 33.5 Å². The number of ether oxygens (including phenoxy) is 2. The largest absolute Gasteiger partial charge is 0.493 e. The van der Waals surface area contributed by atoms with Crippen molar-refractivity contribution in [3.05, 3.63) is 87.9 Å². The molecule has 0 radical (unpaired) electrons. The fourth-order valence-electron chi connectivity index (χ4n) is 3.05. The van der Waals surface area contributed by atoms with E-state index in [-0.39, 0.29) is 12.5 Å². The number of rotatable bonds is 8. The van der Waals surface area contributed by atoms with Crippen LogP contribution in [0.5, 0.6) is 11.5 Å². The molecule has 1 N–H and O–H groups in total. The predicted octanol–water partition coefficient (Wildman–Crippen LogP) is 5.70. The van der Waals surface area contributed by atoms with Crippen molar-refractivity contribution in [3.8, 4) is 11.5 Å². The van der Waals surface area contributed by atoms with Crippen molar-refractivity contribution in [2.75, 3.05) is 18.5 Å². The summed E-state index contributed by atoms with van der Waals surface area (Å²) in [7, 11) is 0. The second-order valence-electron chi connectivity index (χ2n) is 6.82. The van der Waals surface area contributed by atoms with E-state index in [0.29, 0.717) is 12.3 Å². The minimum Gasteiger partial charge on any atom is -0.493 e. The summed E-state index contributed by atoms with van der Waals surface area (Å²) in [4.78, 5) is 12.3. The number of hydrogen-bond acceptors (Lipinski definition) is 3. The first-order valence-electron chi connectivity index (χ1n) is 9.47. The predicted molar refractivity (Wildman–Crippen MR) is 120 cm³/mol. The zero-order chi connectivity index (χ0) is 20.6. The van der Waals surface area contributed by atoms with Crippen molar-refractivity contribution < 1.29 is 14.3 Å². The third-order valence-corrected chi connectivity index (χ3v) is 4.85. The smallest absolute Gasteiger partial charge is 0.262 e. The summed E-state index contributed by atoms with van der Waals surface area (Å²) in [6.45, 7) is 4.44. The Labute approximate surface area is 180 Å². The van der Waals surface area contributed by atoms with E-state index in [1.807, 2.05) is 68.4 Å². The van der Waals surface area contributed by atoms with Crippen LogP contribution in [0.2, 0.25) is 0 Å². The lowest BCUT2D eigenvalue weighted by atomic mass is 10.1. The SMILES string of the molecule is Cc1cc(Br)cc(C)c1OCC(=O)Nc1cccc(OCCc2ccccc2)c1. The highest BCUT2D eigenvalue weighted by molar-refractivity contribution is 9.10. The van der Waals surface area contributed by atoms with Crippen LogP contribution < -0.4 is 14.8 Å². The number of carbonyl (C=O) groups excluding carboxylic acids is 1. The topological polar surface area (TPSA) is 47.6 Å². The second-order valence-corrected chi connectivity index (χ2v) is 7.73. The number of amides is 1. The van der Waals surface area contributed by atoms with E-state index in [1.54, 1.807) is 0 Å². The maximum Gasteiger partial charge on any atom is 0.262 e. The Morgan fingerprint density at radius 3 is 2.38 bits per heavy atom. The number of hydrogen-bond donors (Lipinski definition) is 1. The zero-order valence-corrected chi connectivity index (χ0v) is 18.2. The van der Waals surface area contributed by atoms with Crippen molar-refractivity contribution in [2.45, 2.75) is 20.3 Å². The van der Waals surface area contributed by atoms with Crippen LogP contribution in [-0.4, -0.2) is 19.1 Å². The number of anilines is 1. The molecule has 29 heavy (non-hydrogen) atoms. The Morgan fingerprint density at radius 2 is 1.66 bits per heavy atom. The summed E-state index contributed by atoms with van der Waals surface area (Å²) in [6.07, 6.45) is 0.831. The summed E-state index contributed by atoms with van der Waals surface area (Å²) in [5.41, 5.74) is 3.88. The molecular formula is C24H24BrNO3. The van der Waals surface area contributed by atoms with Crippen LogP contribution in [-0.2, 0) is 11.2 Å². The van der Waals surface area contributed by atoms with Crippen molar-refractivity contribution in [1.29, 1.82) is 0 Å². The van der Waals surface area contributed by atoms with Gasteiger partial charge in [0.15, 0.2) is 6.61 Å². The molecule has 5 heteroatoms. The van der Waals surface area contributed by atoms with Crippen LogP contribution >= 0.6 is 15.9 Å². The molecule has 0 bridgehead atoms. The van der Waals surface area contributed by atoms with Crippen LogP contribution in [0.4, 0.5) is 5.69 Å². The molecule has 3 aromatic carbocycles. The number of aryl methyl sites for hydroxylation is 2. The molecule has 0 saturated heterocycles. The lowest BCUT2D eigenvalue weighted by molar-refractivity contribution is -0.118. The molecule has 3 aromatic rings. The molecule has 0 atom stereocenters. The Bertz CT molecular complexity index is 950. The van der Waals surface area contributed by atoms with Gasteiger partial charge in [0.2, 0.25) is 0 Å². The molecule has 0 fully saturated rings. The van der Waals surface area contributed by atoms with Crippen LogP contribution in [0.15, 0.2) is 71.2 Å². The Kier molecular flexibility index (Phi) is 7.30. The molecule has 1 amide bonds. The van der Waals surface area contributed by atoms with Crippen LogP contribution in [0.25, 0.3) is 0 Å². The van der Waals surface area contributed by atoms with Crippen molar-refractivity contribution in [1.82, 2.24) is 0 Å². The van der Waals surface area contributed by atoms with Gasteiger partial charge in [-0.25, -0.2) is 0 Å². The monoisotopic (exact) mass is 453 g/mol. The molecule has 4 nitrogen and oxygen atoms in total. The highest BCUT2D eigenvalue weighted by atomic mass is 79.9. The molecule has 0 aliphatic heterocycles. The van der Waals surface area contributed by atoms with Crippen molar-refractivity contribution >= 4 is 27.5 Å². The number of halogens is 1. The van der Waals surface area contributed by atoms with E-state index in [4.69, 9.17) is 9.47 Å². The van der Waals surface area contributed by atoms with Gasteiger partial charge in [-0.1, -0.05) is 52.3 Å². The minimum absolute atomic E-state index is 0.0532. The van der Waals surface area contributed by atoms with Gasteiger partial charge in [-0.2, -0.15) is 0 Å². The quantitative estimate of drug-likeness (QED) is 0.475. The van der Waals surface area contributed by atoms with Crippen LogP contribution in [0.1, 0.15) is 16.7 Å². The van der Waals surface area contributed by atoms with E-state index in [1.165, 1.54) is 5.56 Å². The van der Waals surface area contributed by atoms with Gasteiger partial charge in [-0.15, -0.1) is 0 Å². The number of carbonyl (C=O) groups is 1. The fourth-order valence-corrected chi connectivity index (χ4v) is 3.74. The van der Waals surface area contributed by atoms with Gasteiger partial charge in [0.05, 0.1) is 6.61 Å². The van der Waals surface area contributed by atoms with Crippen molar-refractivity contribution in [2.24, 2.45) is 0 Å². The summed E-state index contributed by atoms with van der Waals surface area (Å²) in [5, 5.41) is 2.86. The van der Waals surface area contributed by atoms with E-state index >= 15 is 0 Å². The summed E-state index contributed by atoms with van der Waals surface area (Å²) in [5.74, 6) is 1.24. The lowest BCUT2D eigenvalue weighted by Gasteiger charge is -2.13. The third-order valence-electron chi connectivity index (χ3n) is 4.39. The van der Waals surface area contributed by atoms with E-state index in [9.17, 15) is 4.79 Å². The first kappa shape index (κ1) is 20.9.